The van der Waals surface area contributed by atoms with Crippen LogP contribution in [0.15, 0.2) is 0 Å². The van der Waals surface area contributed by atoms with Crippen molar-refractivity contribution < 1.29 is 18.7 Å². The Morgan fingerprint density at radius 3 is 2.68 bits per heavy atom. The molecule has 2 amide bonds. The minimum atomic E-state index is -1.89. The molecule has 1 aliphatic heterocycles. The molecule has 8 heteroatoms. The maximum absolute atomic E-state index is 12.2. The van der Waals surface area contributed by atoms with Crippen LogP contribution in [-0.2, 0) is 18.7 Å². The second kappa shape index (κ2) is 9.87. The van der Waals surface area contributed by atoms with E-state index in [1.807, 2.05) is 13.8 Å². The first-order valence-electron chi connectivity index (χ1n) is 7.83. The Hall–Kier alpha value is -1.04. The summed E-state index contributed by atoms with van der Waals surface area (Å²) in [5.41, 5.74) is 0. The Kier molecular flexibility index (Phi) is 8.53. The number of carbonyl (C=O) groups is 2. The fraction of sp³-hybridized carbons (Fsp3) is 0.857. The smallest absolute Gasteiger partial charge is 0.343 e. The van der Waals surface area contributed by atoms with E-state index in [9.17, 15) is 14.2 Å². The summed E-state index contributed by atoms with van der Waals surface area (Å²) in [7, 11) is -1.89. The maximum Gasteiger partial charge on any atom is 0.529 e. The van der Waals surface area contributed by atoms with Gasteiger partial charge in [0, 0.05) is 0 Å². The van der Waals surface area contributed by atoms with Gasteiger partial charge in [0.1, 0.15) is 6.04 Å². The normalized spacial score (nSPS) is 19.8. The SMILES string of the molecule is CCO[P+](=O)CNC(=O)[C@H](CC(C)C)NC(=O)[C@@H]1CCCN1. The summed E-state index contributed by atoms with van der Waals surface area (Å²) in [5, 5.41) is 8.49. The molecule has 1 unspecified atom stereocenters. The summed E-state index contributed by atoms with van der Waals surface area (Å²) in [4.78, 5) is 24.4. The van der Waals surface area contributed by atoms with Crippen molar-refractivity contribution in [1.82, 2.24) is 16.0 Å². The topological polar surface area (TPSA) is 96.5 Å². The Bertz CT molecular complexity index is 398. The molecule has 0 aromatic heterocycles. The lowest BCUT2D eigenvalue weighted by atomic mass is 10.0. The van der Waals surface area contributed by atoms with Gasteiger partial charge in [0.25, 0.3) is 6.29 Å². The Morgan fingerprint density at radius 2 is 2.14 bits per heavy atom. The van der Waals surface area contributed by atoms with Crippen LogP contribution in [0.3, 0.4) is 0 Å². The molecule has 0 aromatic carbocycles. The second-order valence-electron chi connectivity index (χ2n) is 5.79. The quantitative estimate of drug-likeness (QED) is 0.550. The van der Waals surface area contributed by atoms with Gasteiger partial charge in [-0.3, -0.25) is 9.59 Å². The molecule has 126 valence electrons. The Labute approximate surface area is 132 Å². The van der Waals surface area contributed by atoms with Crippen molar-refractivity contribution in [3.05, 3.63) is 0 Å². The fourth-order valence-electron chi connectivity index (χ4n) is 2.34. The lowest BCUT2D eigenvalue weighted by Gasteiger charge is -2.21. The fourth-order valence-corrected chi connectivity index (χ4v) is 3.00. The van der Waals surface area contributed by atoms with Crippen LogP contribution < -0.4 is 16.0 Å². The minimum absolute atomic E-state index is 0.0336. The van der Waals surface area contributed by atoms with Gasteiger partial charge < -0.3 is 16.0 Å². The van der Waals surface area contributed by atoms with Crippen molar-refractivity contribution in [3.63, 3.8) is 0 Å². The van der Waals surface area contributed by atoms with E-state index in [1.165, 1.54) is 0 Å². The molecule has 1 heterocycles. The highest BCUT2D eigenvalue weighted by atomic mass is 31.1. The summed E-state index contributed by atoms with van der Waals surface area (Å²) in [5.74, 6) is -0.205. The zero-order valence-corrected chi connectivity index (χ0v) is 14.4. The predicted molar refractivity (Wildman–Crippen MR) is 84.7 cm³/mol. The van der Waals surface area contributed by atoms with Crippen LogP contribution >= 0.6 is 8.03 Å². The number of amides is 2. The third-order valence-corrected chi connectivity index (χ3v) is 4.33. The van der Waals surface area contributed by atoms with Crippen molar-refractivity contribution in [2.75, 3.05) is 19.4 Å². The lowest BCUT2D eigenvalue weighted by molar-refractivity contribution is -0.130. The highest BCUT2D eigenvalue weighted by molar-refractivity contribution is 7.39. The molecule has 1 saturated heterocycles. The second-order valence-corrected chi connectivity index (χ2v) is 7.03. The number of carbonyl (C=O) groups excluding carboxylic acids is 2. The average molecular weight is 332 g/mol. The van der Waals surface area contributed by atoms with Gasteiger partial charge in [0.15, 0.2) is 0 Å². The molecule has 3 N–H and O–H groups in total. The van der Waals surface area contributed by atoms with E-state index in [4.69, 9.17) is 4.52 Å². The third kappa shape index (κ3) is 6.81. The summed E-state index contributed by atoms with van der Waals surface area (Å²) >= 11 is 0. The van der Waals surface area contributed by atoms with Crippen LogP contribution in [0.2, 0.25) is 0 Å². The molecule has 22 heavy (non-hydrogen) atoms. The van der Waals surface area contributed by atoms with Gasteiger partial charge in [-0.2, -0.15) is 0 Å². The van der Waals surface area contributed by atoms with Crippen LogP contribution in [0.4, 0.5) is 0 Å². The Balaban J connectivity index is 2.52. The third-order valence-electron chi connectivity index (χ3n) is 3.37. The molecule has 0 saturated carbocycles. The molecular weight excluding hydrogens is 305 g/mol. The van der Waals surface area contributed by atoms with E-state index in [-0.39, 0.29) is 30.1 Å². The van der Waals surface area contributed by atoms with Crippen molar-refractivity contribution in [3.8, 4) is 0 Å². The van der Waals surface area contributed by atoms with Crippen molar-refractivity contribution in [2.45, 2.75) is 52.1 Å². The van der Waals surface area contributed by atoms with Gasteiger partial charge in [-0.05, 0) is 43.2 Å². The van der Waals surface area contributed by atoms with E-state index in [0.717, 1.165) is 19.4 Å². The van der Waals surface area contributed by atoms with Crippen molar-refractivity contribution in [2.24, 2.45) is 5.92 Å². The van der Waals surface area contributed by atoms with Gasteiger partial charge in [0.2, 0.25) is 11.8 Å². The molecule has 1 rings (SSSR count). The standard InChI is InChI=1S/C14H26N3O4P/c1-4-21-22(20)9-16-13(18)12(8-10(2)3)17-14(19)11-6-5-7-15-11/h10-12,15H,4-9H2,1-3H3,(H-,16,17,18,19)/p+1/t11-,12-/m0/s1. The van der Waals surface area contributed by atoms with E-state index >= 15 is 0 Å². The van der Waals surface area contributed by atoms with Gasteiger partial charge in [-0.1, -0.05) is 13.8 Å². The highest BCUT2D eigenvalue weighted by Gasteiger charge is 2.29. The zero-order chi connectivity index (χ0) is 16.5. The van der Waals surface area contributed by atoms with Crippen molar-refractivity contribution in [1.29, 1.82) is 0 Å². The first-order valence-corrected chi connectivity index (χ1v) is 9.19. The van der Waals surface area contributed by atoms with E-state index in [2.05, 4.69) is 16.0 Å². The Morgan fingerprint density at radius 1 is 1.41 bits per heavy atom. The van der Waals surface area contributed by atoms with Crippen LogP contribution in [0.1, 0.15) is 40.0 Å². The summed E-state index contributed by atoms with van der Waals surface area (Å²) in [6, 6.07) is -0.831. The molecule has 1 fully saturated rings. The van der Waals surface area contributed by atoms with Gasteiger partial charge >= 0.3 is 8.03 Å². The van der Waals surface area contributed by atoms with Gasteiger partial charge in [0.05, 0.1) is 12.6 Å². The average Bonchev–Trinajstić information content (AvgIpc) is 2.98. The monoisotopic (exact) mass is 332 g/mol. The van der Waals surface area contributed by atoms with Gasteiger partial charge in [-0.15, -0.1) is 4.52 Å². The first kappa shape index (κ1) is 19.0. The molecule has 3 atom stereocenters. The molecule has 0 spiro atoms. The van der Waals surface area contributed by atoms with Crippen LogP contribution in [0.5, 0.6) is 0 Å². The summed E-state index contributed by atoms with van der Waals surface area (Å²) < 4.78 is 16.4. The molecule has 0 aliphatic carbocycles. The zero-order valence-electron chi connectivity index (χ0n) is 13.6. The lowest BCUT2D eigenvalue weighted by Crippen LogP contribution is -2.51. The molecule has 0 aromatic rings. The van der Waals surface area contributed by atoms with Gasteiger partial charge in [-0.25, -0.2) is 0 Å². The number of hydrogen-bond acceptors (Lipinski definition) is 5. The summed E-state index contributed by atoms with van der Waals surface area (Å²) in [6.07, 6.45) is 2.26. The highest BCUT2D eigenvalue weighted by Crippen LogP contribution is 2.19. The predicted octanol–water partition coefficient (Wildman–Crippen LogP) is 1.12. The minimum Gasteiger partial charge on any atom is -0.343 e. The number of nitrogens with one attached hydrogen (secondary N) is 3. The molecule has 0 radical (unpaired) electrons. The maximum atomic E-state index is 12.2. The van der Waals surface area contributed by atoms with E-state index < -0.39 is 14.1 Å². The summed E-state index contributed by atoms with van der Waals surface area (Å²) in [6.45, 7) is 6.88. The van der Waals surface area contributed by atoms with Crippen molar-refractivity contribution >= 4 is 19.8 Å². The molecule has 0 bridgehead atoms. The van der Waals surface area contributed by atoms with Crippen LogP contribution in [0, 0.1) is 5.92 Å². The molecule has 7 nitrogen and oxygen atoms in total. The molecule has 1 aliphatic rings. The molecular formula is C14H27N3O4P+. The number of rotatable bonds is 9. The first-order chi connectivity index (χ1) is 10.4. The number of hydrogen-bond donors (Lipinski definition) is 3. The largest absolute Gasteiger partial charge is 0.529 e. The van der Waals surface area contributed by atoms with E-state index in [1.54, 1.807) is 6.92 Å². The van der Waals surface area contributed by atoms with Crippen LogP contribution in [0.25, 0.3) is 0 Å². The van der Waals surface area contributed by atoms with E-state index in [0.29, 0.717) is 13.0 Å². The van der Waals surface area contributed by atoms with Crippen LogP contribution in [-0.4, -0.2) is 43.3 Å².